The molecule has 2 saturated heterocycles. The number of piperidine rings is 1. The average molecular weight is 365 g/mol. The van der Waals surface area contributed by atoms with Gasteiger partial charge in [-0.25, -0.2) is 8.42 Å². The number of likely N-dealkylation sites (tertiary alicyclic amines) is 1. The van der Waals surface area contributed by atoms with Crippen LogP contribution in [0.25, 0.3) is 0 Å². The van der Waals surface area contributed by atoms with E-state index in [2.05, 4.69) is 6.92 Å². The van der Waals surface area contributed by atoms with E-state index in [0.29, 0.717) is 18.9 Å². The van der Waals surface area contributed by atoms with Gasteiger partial charge in [0.05, 0.1) is 5.75 Å². The van der Waals surface area contributed by atoms with Gasteiger partial charge in [-0.05, 0) is 44.1 Å². The molecule has 25 heavy (non-hydrogen) atoms. The number of nitrogens with zero attached hydrogens (tertiary/aromatic N) is 2. The molecule has 138 valence electrons. The van der Waals surface area contributed by atoms with Crippen LogP contribution in [0.2, 0.25) is 0 Å². The van der Waals surface area contributed by atoms with Crippen LogP contribution in [0, 0.1) is 12.8 Å². The number of hydrogen-bond donors (Lipinski definition) is 0. The van der Waals surface area contributed by atoms with E-state index in [1.807, 2.05) is 36.1 Å². The summed E-state index contributed by atoms with van der Waals surface area (Å²) in [5, 5.41) is 0. The van der Waals surface area contributed by atoms with Gasteiger partial charge in [-0.1, -0.05) is 36.8 Å². The summed E-state index contributed by atoms with van der Waals surface area (Å²) in [6, 6.07) is 7.04. The summed E-state index contributed by atoms with van der Waals surface area (Å²) in [5.74, 6) is 0.611. The lowest BCUT2D eigenvalue weighted by Gasteiger charge is -2.34. The van der Waals surface area contributed by atoms with E-state index < -0.39 is 16.1 Å². The SMILES string of the molecule is Cc1ccc(CS(=O)(=O)N2CCC[C@@H]2C(=O)N2CCC(C)CC2)cc1. The second-order valence-corrected chi connectivity index (χ2v) is 9.44. The maximum Gasteiger partial charge on any atom is 0.241 e. The van der Waals surface area contributed by atoms with Crippen LogP contribution in [0.1, 0.15) is 43.7 Å². The number of benzene rings is 1. The van der Waals surface area contributed by atoms with Crippen molar-refractivity contribution in [2.75, 3.05) is 19.6 Å². The molecule has 0 bridgehead atoms. The molecule has 2 aliphatic heterocycles. The number of aryl methyl sites for hydroxylation is 1. The Hall–Kier alpha value is -1.40. The van der Waals surface area contributed by atoms with Crippen molar-refractivity contribution in [3.63, 3.8) is 0 Å². The van der Waals surface area contributed by atoms with Crippen LogP contribution in [0.4, 0.5) is 0 Å². The molecule has 0 aromatic heterocycles. The number of hydrogen-bond acceptors (Lipinski definition) is 3. The first-order chi connectivity index (χ1) is 11.9. The van der Waals surface area contributed by atoms with Crippen molar-refractivity contribution in [2.24, 2.45) is 5.92 Å². The van der Waals surface area contributed by atoms with Crippen LogP contribution < -0.4 is 0 Å². The standard InChI is InChI=1S/C19H28N2O3S/c1-15-5-7-17(8-6-15)14-25(23,24)21-11-3-4-18(21)19(22)20-12-9-16(2)10-13-20/h5-8,16,18H,3-4,9-14H2,1-2H3/t18-/m1/s1. The molecule has 0 saturated carbocycles. The first kappa shape index (κ1) is 18.4. The number of carbonyl (C=O) groups excluding carboxylic acids is 1. The molecule has 0 unspecified atom stereocenters. The quantitative estimate of drug-likeness (QED) is 0.825. The molecule has 6 heteroatoms. The fraction of sp³-hybridized carbons (Fsp3) is 0.632. The Bertz CT molecular complexity index is 707. The van der Waals surface area contributed by atoms with Gasteiger partial charge >= 0.3 is 0 Å². The highest BCUT2D eigenvalue weighted by Crippen LogP contribution is 2.27. The van der Waals surface area contributed by atoms with Crippen molar-refractivity contribution in [1.82, 2.24) is 9.21 Å². The summed E-state index contributed by atoms with van der Waals surface area (Å²) in [7, 11) is -3.48. The van der Waals surface area contributed by atoms with E-state index >= 15 is 0 Å². The van der Waals surface area contributed by atoms with Crippen LogP contribution in [-0.4, -0.2) is 49.2 Å². The third-order valence-electron chi connectivity index (χ3n) is 5.41. The monoisotopic (exact) mass is 364 g/mol. The molecular formula is C19H28N2O3S. The Kier molecular flexibility index (Phi) is 5.49. The Morgan fingerprint density at radius 1 is 1.08 bits per heavy atom. The highest BCUT2D eigenvalue weighted by atomic mass is 32.2. The van der Waals surface area contributed by atoms with Crippen LogP contribution in [0.15, 0.2) is 24.3 Å². The lowest BCUT2D eigenvalue weighted by molar-refractivity contribution is -0.135. The molecule has 1 amide bonds. The van der Waals surface area contributed by atoms with Gasteiger partial charge < -0.3 is 4.90 Å². The lowest BCUT2D eigenvalue weighted by atomic mass is 9.98. The predicted molar refractivity (Wildman–Crippen MR) is 98.5 cm³/mol. The number of rotatable bonds is 4. The van der Waals surface area contributed by atoms with Crippen molar-refractivity contribution >= 4 is 15.9 Å². The van der Waals surface area contributed by atoms with Gasteiger partial charge in [-0.15, -0.1) is 0 Å². The number of sulfonamides is 1. The fourth-order valence-electron chi connectivity index (χ4n) is 3.74. The predicted octanol–water partition coefficient (Wildman–Crippen LogP) is 2.55. The first-order valence-electron chi connectivity index (χ1n) is 9.20. The van der Waals surface area contributed by atoms with Crippen LogP contribution in [0.3, 0.4) is 0 Å². The summed E-state index contributed by atoms with van der Waals surface area (Å²) < 4.78 is 27.2. The summed E-state index contributed by atoms with van der Waals surface area (Å²) in [6.45, 7) is 6.14. The minimum atomic E-state index is -3.48. The van der Waals surface area contributed by atoms with Crippen molar-refractivity contribution in [3.05, 3.63) is 35.4 Å². The number of carbonyl (C=O) groups is 1. The highest BCUT2D eigenvalue weighted by Gasteiger charge is 2.40. The smallest absolute Gasteiger partial charge is 0.241 e. The molecule has 0 radical (unpaired) electrons. The van der Waals surface area contributed by atoms with Gasteiger partial charge in [-0.2, -0.15) is 4.31 Å². The summed E-state index contributed by atoms with van der Waals surface area (Å²) in [4.78, 5) is 14.7. The van der Waals surface area contributed by atoms with E-state index in [-0.39, 0.29) is 11.7 Å². The third-order valence-corrected chi connectivity index (χ3v) is 7.26. The first-order valence-corrected chi connectivity index (χ1v) is 10.8. The highest BCUT2D eigenvalue weighted by molar-refractivity contribution is 7.88. The van der Waals surface area contributed by atoms with Crippen LogP contribution in [-0.2, 0) is 20.6 Å². The molecule has 1 aromatic rings. The molecule has 1 atom stereocenters. The zero-order valence-electron chi connectivity index (χ0n) is 15.1. The van der Waals surface area contributed by atoms with Crippen LogP contribution >= 0.6 is 0 Å². The summed E-state index contributed by atoms with van der Waals surface area (Å²) >= 11 is 0. The number of amides is 1. The minimum absolute atomic E-state index is 0.00289. The van der Waals surface area contributed by atoms with E-state index in [1.165, 1.54) is 4.31 Å². The zero-order chi connectivity index (χ0) is 18.0. The molecule has 0 N–H and O–H groups in total. The minimum Gasteiger partial charge on any atom is -0.341 e. The molecule has 0 spiro atoms. The van der Waals surface area contributed by atoms with Crippen molar-refractivity contribution < 1.29 is 13.2 Å². The van der Waals surface area contributed by atoms with Gasteiger partial charge in [0.25, 0.3) is 0 Å². The normalized spacial score (nSPS) is 23.1. The van der Waals surface area contributed by atoms with E-state index in [0.717, 1.165) is 43.5 Å². The largest absolute Gasteiger partial charge is 0.341 e. The van der Waals surface area contributed by atoms with Gasteiger partial charge in [-0.3, -0.25) is 4.79 Å². The Morgan fingerprint density at radius 2 is 1.72 bits per heavy atom. The van der Waals surface area contributed by atoms with Gasteiger partial charge in [0.2, 0.25) is 15.9 Å². The van der Waals surface area contributed by atoms with Gasteiger partial charge in [0, 0.05) is 19.6 Å². The van der Waals surface area contributed by atoms with Gasteiger partial charge in [0.15, 0.2) is 0 Å². The average Bonchev–Trinajstić information content (AvgIpc) is 3.07. The molecular weight excluding hydrogens is 336 g/mol. The maximum absolute atomic E-state index is 12.9. The van der Waals surface area contributed by atoms with Crippen molar-refractivity contribution in [3.8, 4) is 0 Å². The molecule has 0 aliphatic carbocycles. The van der Waals surface area contributed by atoms with E-state index in [4.69, 9.17) is 0 Å². The summed E-state index contributed by atoms with van der Waals surface area (Å²) in [5.41, 5.74) is 1.88. The topological polar surface area (TPSA) is 57.7 Å². The molecule has 3 rings (SSSR count). The second kappa shape index (κ2) is 7.46. The second-order valence-electron chi connectivity index (χ2n) is 7.52. The fourth-order valence-corrected chi connectivity index (χ4v) is 5.51. The summed E-state index contributed by atoms with van der Waals surface area (Å²) in [6.07, 6.45) is 3.41. The van der Waals surface area contributed by atoms with Gasteiger partial charge in [0.1, 0.15) is 6.04 Å². The lowest BCUT2D eigenvalue weighted by Crippen LogP contribution is -2.50. The van der Waals surface area contributed by atoms with E-state index in [1.54, 1.807) is 0 Å². The Balaban J connectivity index is 1.71. The molecule has 2 aliphatic rings. The zero-order valence-corrected chi connectivity index (χ0v) is 16.0. The maximum atomic E-state index is 12.9. The van der Waals surface area contributed by atoms with Crippen LogP contribution in [0.5, 0.6) is 0 Å². The molecule has 1 aromatic carbocycles. The molecule has 2 fully saturated rings. The molecule has 5 nitrogen and oxygen atoms in total. The Morgan fingerprint density at radius 3 is 2.36 bits per heavy atom. The van der Waals surface area contributed by atoms with E-state index in [9.17, 15) is 13.2 Å². The van der Waals surface area contributed by atoms with Crippen molar-refractivity contribution in [1.29, 1.82) is 0 Å². The molecule has 2 heterocycles. The Labute approximate surface area is 151 Å². The van der Waals surface area contributed by atoms with Crippen molar-refractivity contribution in [2.45, 2.75) is 51.3 Å². The third kappa shape index (κ3) is 4.23.